The Morgan fingerprint density at radius 3 is 2.17 bits per heavy atom. The van der Waals surface area contributed by atoms with E-state index in [0.29, 0.717) is 23.9 Å². The molecule has 0 fully saturated rings. The van der Waals surface area contributed by atoms with Crippen molar-refractivity contribution in [1.29, 1.82) is 0 Å². The summed E-state index contributed by atoms with van der Waals surface area (Å²) in [6.07, 6.45) is 0. The van der Waals surface area contributed by atoms with Crippen LogP contribution in [0, 0.1) is 0 Å². The van der Waals surface area contributed by atoms with Crippen LogP contribution in [0.2, 0.25) is 0 Å². The number of rotatable bonds is 6. The second kappa shape index (κ2) is 7.33. The quantitative estimate of drug-likeness (QED) is 0.711. The Morgan fingerprint density at radius 1 is 0.833 bits per heavy atom. The standard InChI is InChI=1S/C20H16O4/c21-20(22)16-11-12-18(24-17-9-5-2-6-10-17)19(13-16)23-14-15-7-3-1-4-8-15/h1-13H,14H2,(H,21,22). The van der Waals surface area contributed by atoms with E-state index in [0.717, 1.165) is 5.56 Å². The maximum Gasteiger partial charge on any atom is 0.335 e. The molecule has 1 N–H and O–H groups in total. The number of para-hydroxylation sites is 1. The predicted octanol–water partition coefficient (Wildman–Crippen LogP) is 4.76. The topological polar surface area (TPSA) is 55.8 Å². The van der Waals surface area contributed by atoms with Crippen molar-refractivity contribution in [2.24, 2.45) is 0 Å². The van der Waals surface area contributed by atoms with Gasteiger partial charge in [-0.15, -0.1) is 0 Å². The molecule has 24 heavy (non-hydrogen) atoms. The minimum absolute atomic E-state index is 0.151. The van der Waals surface area contributed by atoms with Gasteiger partial charge in [0.2, 0.25) is 0 Å². The zero-order valence-electron chi connectivity index (χ0n) is 12.9. The van der Waals surface area contributed by atoms with E-state index in [1.54, 1.807) is 6.07 Å². The van der Waals surface area contributed by atoms with Crippen LogP contribution in [0.25, 0.3) is 0 Å². The van der Waals surface area contributed by atoms with Gasteiger partial charge in [-0.2, -0.15) is 0 Å². The van der Waals surface area contributed by atoms with Crippen molar-refractivity contribution in [3.05, 3.63) is 90.0 Å². The summed E-state index contributed by atoms with van der Waals surface area (Å²) in [5.41, 5.74) is 1.14. The first-order chi connectivity index (χ1) is 11.7. The summed E-state index contributed by atoms with van der Waals surface area (Å²) in [4.78, 5) is 11.2. The largest absolute Gasteiger partial charge is 0.485 e. The van der Waals surface area contributed by atoms with Gasteiger partial charge >= 0.3 is 5.97 Å². The van der Waals surface area contributed by atoms with Gasteiger partial charge in [-0.05, 0) is 35.9 Å². The second-order valence-electron chi connectivity index (χ2n) is 5.16. The summed E-state index contributed by atoms with van der Waals surface area (Å²) in [5.74, 6) is 0.515. The van der Waals surface area contributed by atoms with Crippen LogP contribution in [-0.2, 0) is 6.61 Å². The Bertz CT molecular complexity index is 814. The molecular weight excluding hydrogens is 304 g/mol. The van der Waals surface area contributed by atoms with Gasteiger partial charge in [-0.1, -0.05) is 48.5 Å². The van der Waals surface area contributed by atoms with E-state index < -0.39 is 5.97 Å². The molecule has 120 valence electrons. The first-order valence-corrected chi connectivity index (χ1v) is 7.49. The van der Waals surface area contributed by atoms with E-state index in [-0.39, 0.29) is 5.56 Å². The Kier molecular flexibility index (Phi) is 4.77. The van der Waals surface area contributed by atoms with Gasteiger partial charge in [0.1, 0.15) is 12.4 Å². The van der Waals surface area contributed by atoms with Crippen molar-refractivity contribution >= 4 is 5.97 Å². The fraction of sp³-hybridized carbons (Fsp3) is 0.0500. The number of ether oxygens (including phenoxy) is 2. The molecule has 3 aromatic carbocycles. The molecule has 0 atom stereocenters. The number of carboxylic acid groups (broad SMARTS) is 1. The van der Waals surface area contributed by atoms with Crippen molar-refractivity contribution in [3.8, 4) is 17.2 Å². The summed E-state index contributed by atoms with van der Waals surface area (Å²) in [7, 11) is 0. The molecular formula is C20H16O4. The van der Waals surface area contributed by atoms with E-state index >= 15 is 0 Å². The molecule has 0 aliphatic heterocycles. The molecule has 0 spiro atoms. The lowest BCUT2D eigenvalue weighted by Gasteiger charge is -2.13. The zero-order chi connectivity index (χ0) is 16.8. The molecule has 0 heterocycles. The summed E-state index contributed by atoms with van der Waals surface area (Å²) >= 11 is 0. The van der Waals surface area contributed by atoms with Gasteiger partial charge in [0.15, 0.2) is 11.5 Å². The third kappa shape index (κ3) is 3.93. The minimum atomic E-state index is -1.01. The molecule has 0 aromatic heterocycles. The van der Waals surface area contributed by atoms with E-state index in [4.69, 9.17) is 9.47 Å². The first kappa shape index (κ1) is 15.6. The second-order valence-corrected chi connectivity index (χ2v) is 5.16. The Labute approximate surface area is 139 Å². The lowest BCUT2D eigenvalue weighted by molar-refractivity contribution is 0.0696. The molecule has 0 saturated carbocycles. The first-order valence-electron chi connectivity index (χ1n) is 7.49. The smallest absolute Gasteiger partial charge is 0.335 e. The lowest BCUT2D eigenvalue weighted by Crippen LogP contribution is -2.01. The van der Waals surface area contributed by atoms with E-state index in [1.807, 2.05) is 60.7 Å². The van der Waals surface area contributed by atoms with E-state index in [2.05, 4.69) is 0 Å². The van der Waals surface area contributed by atoms with Crippen molar-refractivity contribution in [2.75, 3.05) is 0 Å². The lowest BCUT2D eigenvalue weighted by atomic mass is 10.2. The molecule has 3 aromatic rings. The minimum Gasteiger partial charge on any atom is -0.485 e. The molecule has 0 radical (unpaired) electrons. The maximum atomic E-state index is 11.2. The SMILES string of the molecule is O=C(O)c1ccc(Oc2ccccc2)c(OCc2ccccc2)c1. The third-order valence-electron chi connectivity index (χ3n) is 3.40. The van der Waals surface area contributed by atoms with Crippen LogP contribution in [0.4, 0.5) is 0 Å². The van der Waals surface area contributed by atoms with Crippen LogP contribution in [0.5, 0.6) is 17.2 Å². The van der Waals surface area contributed by atoms with Crippen LogP contribution >= 0.6 is 0 Å². The van der Waals surface area contributed by atoms with Crippen molar-refractivity contribution in [2.45, 2.75) is 6.61 Å². The third-order valence-corrected chi connectivity index (χ3v) is 3.40. The Balaban J connectivity index is 1.85. The summed E-state index contributed by atoms with van der Waals surface area (Å²) in [6.45, 7) is 0.328. The van der Waals surface area contributed by atoms with Crippen LogP contribution in [-0.4, -0.2) is 11.1 Å². The van der Waals surface area contributed by atoms with Gasteiger partial charge in [0, 0.05) is 0 Å². The van der Waals surface area contributed by atoms with Gasteiger partial charge in [0.25, 0.3) is 0 Å². The van der Waals surface area contributed by atoms with Crippen LogP contribution in [0.15, 0.2) is 78.9 Å². The summed E-state index contributed by atoms with van der Waals surface area (Å²) in [5, 5.41) is 9.18. The van der Waals surface area contributed by atoms with Crippen LogP contribution in [0.1, 0.15) is 15.9 Å². The predicted molar refractivity (Wildman–Crippen MR) is 90.7 cm³/mol. The number of hydrogen-bond acceptors (Lipinski definition) is 3. The highest BCUT2D eigenvalue weighted by molar-refractivity contribution is 5.88. The average Bonchev–Trinajstić information content (AvgIpc) is 2.62. The molecule has 0 saturated heterocycles. The van der Waals surface area contributed by atoms with Crippen molar-refractivity contribution in [1.82, 2.24) is 0 Å². The highest BCUT2D eigenvalue weighted by Crippen LogP contribution is 2.33. The number of hydrogen-bond donors (Lipinski definition) is 1. The number of aromatic carboxylic acids is 1. The molecule has 0 bridgehead atoms. The fourth-order valence-corrected chi connectivity index (χ4v) is 2.19. The van der Waals surface area contributed by atoms with Crippen LogP contribution in [0.3, 0.4) is 0 Å². The van der Waals surface area contributed by atoms with E-state index in [9.17, 15) is 9.90 Å². The molecule has 3 rings (SSSR count). The average molecular weight is 320 g/mol. The van der Waals surface area contributed by atoms with E-state index in [1.165, 1.54) is 12.1 Å². The molecule has 0 unspecified atom stereocenters. The maximum absolute atomic E-state index is 11.2. The summed E-state index contributed by atoms with van der Waals surface area (Å²) in [6, 6.07) is 23.5. The normalized spacial score (nSPS) is 10.2. The van der Waals surface area contributed by atoms with Gasteiger partial charge < -0.3 is 14.6 Å². The number of carboxylic acids is 1. The van der Waals surface area contributed by atoms with Gasteiger partial charge in [-0.25, -0.2) is 4.79 Å². The highest BCUT2D eigenvalue weighted by Gasteiger charge is 2.12. The monoisotopic (exact) mass is 320 g/mol. The van der Waals surface area contributed by atoms with Crippen molar-refractivity contribution in [3.63, 3.8) is 0 Å². The highest BCUT2D eigenvalue weighted by atomic mass is 16.5. The molecule has 4 nitrogen and oxygen atoms in total. The number of carbonyl (C=O) groups is 1. The Hall–Kier alpha value is -3.27. The zero-order valence-corrected chi connectivity index (χ0v) is 12.9. The molecule has 0 aliphatic carbocycles. The van der Waals surface area contributed by atoms with Crippen LogP contribution < -0.4 is 9.47 Å². The Morgan fingerprint density at radius 2 is 1.50 bits per heavy atom. The van der Waals surface area contributed by atoms with Gasteiger partial charge in [0.05, 0.1) is 5.56 Å². The molecule has 4 heteroatoms. The molecule has 0 amide bonds. The summed E-state index contributed by atoms with van der Waals surface area (Å²) < 4.78 is 11.6. The number of benzene rings is 3. The molecule has 0 aliphatic rings. The van der Waals surface area contributed by atoms with Crippen molar-refractivity contribution < 1.29 is 19.4 Å². The fourth-order valence-electron chi connectivity index (χ4n) is 2.19. The van der Waals surface area contributed by atoms with Gasteiger partial charge in [-0.3, -0.25) is 0 Å².